The molecule has 0 aromatic heterocycles. The lowest BCUT2D eigenvalue weighted by molar-refractivity contribution is -0.138. The third-order valence-electron chi connectivity index (χ3n) is 5.84. The molecule has 0 radical (unpaired) electrons. The standard InChI is InChI=1S/C16H29N3O3S.ClH/c1-3-23(21,22)19-8-4-5-12(11-19)16(20)18(2)15-9-13-6-7-14(10-15)17-13;/h12-15,17H,3-11H2,1-2H3;1H. The molecular formula is C16H30ClN3O3S. The average molecular weight is 380 g/mol. The summed E-state index contributed by atoms with van der Waals surface area (Å²) in [4.78, 5) is 14.8. The highest BCUT2D eigenvalue weighted by Crippen LogP contribution is 2.31. The predicted molar refractivity (Wildman–Crippen MR) is 96.7 cm³/mol. The van der Waals surface area contributed by atoms with Crippen LogP contribution in [0.25, 0.3) is 0 Å². The van der Waals surface area contributed by atoms with E-state index in [4.69, 9.17) is 0 Å². The van der Waals surface area contributed by atoms with Gasteiger partial charge in [-0.1, -0.05) is 0 Å². The molecule has 140 valence electrons. The first-order valence-electron chi connectivity index (χ1n) is 8.91. The van der Waals surface area contributed by atoms with Crippen LogP contribution in [0.4, 0.5) is 0 Å². The molecule has 0 spiro atoms. The molecule has 3 rings (SSSR count). The molecule has 3 aliphatic heterocycles. The van der Waals surface area contributed by atoms with Crippen molar-refractivity contribution in [2.24, 2.45) is 5.92 Å². The van der Waals surface area contributed by atoms with Crippen LogP contribution >= 0.6 is 12.4 Å². The van der Waals surface area contributed by atoms with Gasteiger partial charge in [-0.15, -0.1) is 12.4 Å². The SMILES string of the molecule is CCS(=O)(=O)N1CCCC(C(=O)N(C)C2CC3CCC(C2)N3)C1.Cl. The van der Waals surface area contributed by atoms with Crippen LogP contribution in [0.1, 0.15) is 45.4 Å². The third kappa shape index (κ3) is 4.06. The summed E-state index contributed by atoms with van der Waals surface area (Å²) in [7, 11) is -1.29. The van der Waals surface area contributed by atoms with Crippen LogP contribution in [0.3, 0.4) is 0 Å². The Hall–Kier alpha value is -0.370. The fraction of sp³-hybridized carbons (Fsp3) is 0.938. The molecule has 0 aromatic rings. The van der Waals surface area contributed by atoms with Gasteiger partial charge in [-0.25, -0.2) is 12.7 Å². The van der Waals surface area contributed by atoms with Crippen LogP contribution < -0.4 is 5.32 Å². The van der Waals surface area contributed by atoms with Crippen molar-refractivity contribution >= 4 is 28.3 Å². The van der Waals surface area contributed by atoms with E-state index in [1.54, 1.807) is 6.92 Å². The van der Waals surface area contributed by atoms with Crippen LogP contribution in [0.2, 0.25) is 0 Å². The highest BCUT2D eigenvalue weighted by molar-refractivity contribution is 7.89. The molecule has 0 aliphatic carbocycles. The summed E-state index contributed by atoms with van der Waals surface area (Å²) in [6.07, 6.45) is 6.08. The van der Waals surface area contributed by atoms with E-state index in [1.807, 2.05) is 11.9 Å². The summed E-state index contributed by atoms with van der Waals surface area (Å²) in [5.74, 6) is 0.0661. The van der Waals surface area contributed by atoms with Crippen LogP contribution in [-0.4, -0.2) is 67.5 Å². The van der Waals surface area contributed by atoms with E-state index in [0.29, 0.717) is 31.2 Å². The van der Waals surface area contributed by atoms with E-state index in [9.17, 15) is 13.2 Å². The maximum atomic E-state index is 12.9. The number of fused-ring (bicyclic) bond motifs is 2. The number of halogens is 1. The number of rotatable bonds is 4. The lowest BCUT2D eigenvalue weighted by Crippen LogP contribution is -2.52. The number of nitrogens with one attached hydrogen (secondary N) is 1. The average Bonchev–Trinajstić information content (AvgIpc) is 2.91. The lowest BCUT2D eigenvalue weighted by Gasteiger charge is -2.39. The molecule has 6 nitrogen and oxygen atoms in total. The molecule has 2 bridgehead atoms. The number of hydrogen-bond donors (Lipinski definition) is 1. The van der Waals surface area contributed by atoms with E-state index in [0.717, 1.165) is 25.7 Å². The van der Waals surface area contributed by atoms with E-state index in [1.165, 1.54) is 17.1 Å². The van der Waals surface area contributed by atoms with Crippen molar-refractivity contribution in [1.29, 1.82) is 0 Å². The number of nitrogens with zero attached hydrogens (tertiary/aromatic N) is 2. The second-order valence-corrected chi connectivity index (χ2v) is 9.57. The highest BCUT2D eigenvalue weighted by Gasteiger charge is 2.39. The Morgan fingerprint density at radius 1 is 1.21 bits per heavy atom. The summed E-state index contributed by atoms with van der Waals surface area (Å²) in [5, 5.41) is 3.60. The van der Waals surface area contributed by atoms with E-state index < -0.39 is 10.0 Å². The quantitative estimate of drug-likeness (QED) is 0.797. The van der Waals surface area contributed by atoms with Gasteiger partial charge in [0, 0.05) is 38.3 Å². The van der Waals surface area contributed by atoms with Crippen LogP contribution in [-0.2, 0) is 14.8 Å². The molecule has 3 saturated heterocycles. The Kier molecular flexibility index (Phi) is 6.56. The first kappa shape index (κ1) is 19.9. The van der Waals surface area contributed by atoms with Gasteiger partial charge in [0.15, 0.2) is 0 Å². The van der Waals surface area contributed by atoms with E-state index in [-0.39, 0.29) is 30.0 Å². The van der Waals surface area contributed by atoms with Gasteiger partial charge in [-0.2, -0.15) is 0 Å². The molecule has 0 saturated carbocycles. The minimum atomic E-state index is -3.19. The highest BCUT2D eigenvalue weighted by atomic mass is 35.5. The van der Waals surface area contributed by atoms with Crippen LogP contribution in [0, 0.1) is 5.92 Å². The molecule has 3 heterocycles. The topological polar surface area (TPSA) is 69.7 Å². The van der Waals surface area contributed by atoms with Gasteiger partial charge in [0.2, 0.25) is 15.9 Å². The number of amides is 1. The fourth-order valence-electron chi connectivity index (χ4n) is 4.39. The molecule has 24 heavy (non-hydrogen) atoms. The zero-order valence-corrected chi connectivity index (χ0v) is 16.2. The molecule has 3 aliphatic rings. The smallest absolute Gasteiger partial charge is 0.227 e. The van der Waals surface area contributed by atoms with E-state index in [2.05, 4.69) is 5.32 Å². The van der Waals surface area contributed by atoms with Crippen molar-refractivity contribution in [3.05, 3.63) is 0 Å². The maximum absolute atomic E-state index is 12.9. The second kappa shape index (κ2) is 7.89. The van der Waals surface area contributed by atoms with Crippen LogP contribution in [0.5, 0.6) is 0 Å². The van der Waals surface area contributed by atoms with Gasteiger partial charge in [-0.3, -0.25) is 4.79 Å². The van der Waals surface area contributed by atoms with Gasteiger partial charge in [0.25, 0.3) is 0 Å². The molecule has 3 atom stereocenters. The van der Waals surface area contributed by atoms with Crippen molar-refractivity contribution in [3.63, 3.8) is 0 Å². The number of hydrogen-bond acceptors (Lipinski definition) is 4. The Labute approximate surface area is 151 Å². The molecule has 1 amide bonds. The van der Waals surface area contributed by atoms with Gasteiger partial charge in [0.05, 0.1) is 11.7 Å². The normalized spacial score (nSPS) is 33.8. The Bertz CT molecular complexity index is 545. The zero-order valence-electron chi connectivity index (χ0n) is 14.6. The van der Waals surface area contributed by atoms with Gasteiger partial charge >= 0.3 is 0 Å². The minimum absolute atomic E-state index is 0. The first-order valence-corrected chi connectivity index (χ1v) is 10.5. The Morgan fingerprint density at radius 3 is 2.42 bits per heavy atom. The second-order valence-electron chi connectivity index (χ2n) is 7.31. The van der Waals surface area contributed by atoms with Crippen molar-refractivity contribution in [1.82, 2.24) is 14.5 Å². The summed E-state index contributed by atoms with van der Waals surface area (Å²) < 4.78 is 25.7. The molecule has 0 aromatic carbocycles. The summed E-state index contributed by atoms with van der Waals surface area (Å²) >= 11 is 0. The summed E-state index contributed by atoms with van der Waals surface area (Å²) in [5.41, 5.74) is 0. The Morgan fingerprint density at radius 2 is 1.83 bits per heavy atom. The maximum Gasteiger partial charge on any atom is 0.227 e. The zero-order chi connectivity index (χ0) is 16.6. The molecule has 3 fully saturated rings. The predicted octanol–water partition coefficient (Wildman–Crippen LogP) is 1.21. The van der Waals surface area contributed by atoms with Crippen molar-refractivity contribution in [2.75, 3.05) is 25.9 Å². The van der Waals surface area contributed by atoms with Crippen molar-refractivity contribution in [2.45, 2.75) is 63.6 Å². The number of sulfonamides is 1. The lowest BCUT2D eigenvalue weighted by atomic mass is 9.94. The van der Waals surface area contributed by atoms with Gasteiger partial charge in [-0.05, 0) is 45.4 Å². The molecule has 3 unspecified atom stereocenters. The third-order valence-corrected chi connectivity index (χ3v) is 7.68. The monoisotopic (exact) mass is 379 g/mol. The number of piperidine rings is 2. The van der Waals surface area contributed by atoms with Gasteiger partial charge in [0.1, 0.15) is 0 Å². The fourth-order valence-corrected chi connectivity index (χ4v) is 5.57. The Balaban J connectivity index is 0.00000208. The summed E-state index contributed by atoms with van der Waals surface area (Å²) in [6, 6.07) is 1.41. The number of carbonyl (C=O) groups is 1. The van der Waals surface area contributed by atoms with E-state index >= 15 is 0 Å². The van der Waals surface area contributed by atoms with Crippen molar-refractivity contribution < 1.29 is 13.2 Å². The van der Waals surface area contributed by atoms with Crippen molar-refractivity contribution in [3.8, 4) is 0 Å². The largest absolute Gasteiger partial charge is 0.342 e. The minimum Gasteiger partial charge on any atom is -0.342 e. The summed E-state index contributed by atoms with van der Waals surface area (Å²) in [6.45, 7) is 2.58. The molecule has 1 N–H and O–H groups in total. The first-order chi connectivity index (χ1) is 10.9. The molecule has 8 heteroatoms. The van der Waals surface area contributed by atoms with Crippen LogP contribution in [0.15, 0.2) is 0 Å². The molecular weight excluding hydrogens is 350 g/mol. The number of carbonyl (C=O) groups excluding carboxylic acids is 1. The van der Waals surface area contributed by atoms with Gasteiger partial charge < -0.3 is 10.2 Å².